The second kappa shape index (κ2) is 6.50. The van der Waals surface area contributed by atoms with Crippen LogP contribution in [0.15, 0.2) is 59.8 Å². The van der Waals surface area contributed by atoms with Gasteiger partial charge in [-0.2, -0.15) is 0 Å². The SMILES string of the molecule is CO/N=C\CC(=O)c1ccc(-c2ccccc2)cc1. The van der Waals surface area contributed by atoms with Crippen LogP contribution in [0.2, 0.25) is 0 Å². The molecule has 0 saturated carbocycles. The molecule has 0 N–H and O–H groups in total. The van der Waals surface area contributed by atoms with Gasteiger partial charge in [0.1, 0.15) is 7.11 Å². The monoisotopic (exact) mass is 253 g/mol. The predicted molar refractivity (Wildman–Crippen MR) is 76.3 cm³/mol. The number of hydrogen-bond acceptors (Lipinski definition) is 3. The van der Waals surface area contributed by atoms with Crippen LogP contribution in [0.25, 0.3) is 11.1 Å². The molecule has 0 fully saturated rings. The smallest absolute Gasteiger partial charge is 0.168 e. The highest BCUT2D eigenvalue weighted by Crippen LogP contribution is 2.19. The fourth-order valence-corrected chi connectivity index (χ4v) is 1.79. The number of rotatable bonds is 5. The molecule has 0 aliphatic carbocycles. The molecular formula is C16H15NO2. The molecule has 0 bridgehead atoms. The lowest BCUT2D eigenvalue weighted by Gasteiger charge is -2.03. The van der Waals surface area contributed by atoms with E-state index in [1.165, 1.54) is 13.3 Å². The summed E-state index contributed by atoms with van der Waals surface area (Å²) in [6.07, 6.45) is 1.71. The van der Waals surface area contributed by atoms with Crippen LogP contribution in [0, 0.1) is 0 Å². The Labute approximate surface area is 112 Å². The molecule has 2 aromatic rings. The van der Waals surface area contributed by atoms with Crippen molar-refractivity contribution in [1.82, 2.24) is 0 Å². The first-order valence-electron chi connectivity index (χ1n) is 6.05. The van der Waals surface area contributed by atoms with E-state index in [0.29, 0.717) is 5.56 Å². The van der Waals surface area contributed by atoms with Crippen molar-refractivity contribution >= 4 is 12.0 Å². The lowest BCUT2D eigenvalue weighted by Crippen LogP contribution is -1.99. The van der Waals surface area contributed by atoms with Crippen LogP contribution in [0.4, 0.5) is 0 Å². The Balaban J connectivity index is 2.10. The van der Waals surface area contributed by atoms with Gasteiger partial charge in [-0.15, -0.1) is 0 Å². The van der Waals surface area contributed by atoms with E-state index in [1.807, 2.05) is 54.6 Å². The molecule has 0 heterocycles. The van der Waals surface area contributed by atoms with Gasteiger partial charge in [0, 0.05) is 12.0 Å². The summed E-state index contributed by atoms with van der Waals surface area (Å²) in [5, 5.41) is 3.56. The molecule has 3 nitrogen and oxygen atoms in total. The number of oxime groups is 1. The maximum absolute atomic E-state index is 11.8. The van der Waals surface area contributed by atoms with Crippen LogP contribution in [-0.2, 0) is 4.84 Å². The first-order chi connectivity index (χ1) is 9.31. The Morgan fingerprint density at radius 3 is 2.32 bits per heavy atom. The highest BCUT2D eigenvalue weighted by molar-refractivity contribution is 6.03. The number of carbonyl (C=O) groups is 1. The maximum atomic E-state index is 11.8. The van der Waals surface area contributed by atoms with E-state index in [9.17, 15) is 4.79 Å². The summed E-state index contributed by atoms with van der Waals surface area (Å²) < 4.78 is 0. The van der Waals surface area contributed by atoms with Gasteiger partial charge < -0.3 is 4.84 Å². The van der Waals surface area contributed by atoms with Crippen LogP contribution in [0.1, 0.15) is 16.8 Å². The van der Waals surface area contributed by atoms with Crippen molar-refractivity contribution in [1.29, 1.82) is 0 Å². The third-order valence-electron chi connectivity index (χ3n) is 2.77. The highest BCUT2D eigenvalue weighted by atomic mass is 16.6. The van der Waals surface area contributed by atoms with Crippen LogP contribution < -0.4 is 0 Å². The average Bonchev–Trinajstić information content (AvgIpc) is 2.48. The molecule has 0 unspecified atom stereocenters. The summed E-state index contributed by atoms with van der Waals surface area (Å²) in [4.78, 5) is 16.3. The molecule has 0 amide bonds. The largest absolute Gasteiger partial charge is 0.399 e. The Morgan fingerprint density at radius 2 is 1.68 bits per heavy atom. The van der Waals surface area contributed by atoms with Gasteiger partial charge in [0.05, 0.1) is 6.21 Å². The maximum Gasteiger partial charge on any atom is 0.168 e. The van der Waals surface area contributed by atoms with E-state index in [2.05, 4.69) is 9.99 Å². The first-order valence-corrected chi connectivity index (χ1v) is 6.05. The number of Topliss-reactive ketones (excluding diaryl/α,β-unsaturated/α-hetero) is 1. The van der Waals surface area contributed by atoms with Crippen molar-refractivity contribution in [2.24, 2.45) is 5.16 Å². The van der Waals surface area contributed by atoms with Crippen molar-refractivity contribution in [2.75, 3.05) is 7.11 Å². The zero-order chi connectivity index (χ0) is 13.5. The van der Waals surface area contributed by atoms with Crippen LogP contribution in [0.3, 0.4) is 0 Å². The van der Waals surface area contributed by atoms with E-state index in [4.69, 9.17) is 0 Å². The molecule has 0 aliphatic rings. The summed E-state index contributed by atoms with van der Waals surface area (Å²) in [6.45, 7) is 0. The zero-order valence-corrected chi connectivity index (χ0v) is 10.7. The quantitative estimate of drug-likeness (QED) is 0.464. The molecule has 3 heteroatoms. The number of benzene rings is 2. The standard InChI is InChI=1S/C16H15NO2/c1-19-17-12-11-16(18)15-9-7-14(8-10-15)13-5-3-2-4-6-13/h2-10,12H,11H2,1H3/b17-12-. The fraction of sp³-hybridized carbons (Fsp3) is 0.125. The van der Waals surface area contributed by atoms with Gasteiger partial charge >= 0.3 is 0 Å². The molecule has 0 radical (unpaired) electrons. The van der Waals surface area contributed by atoms with Crippen LogP contribution >= 0.6 is 0 Å². The van der Waals surface area contributed by atoms with E-state index >= 15 is 0 Å². The number of hydrogen-bond donors (Lipinski definition) is 0. The first kappa shape index (κ1) is 13.0. The lowest BCUT2D eigenvalue weighted by atomic mass is 10.0. The Bertz CT molecular complexity index is 559. The molecule has 0 saturated heterocycles. The van der Waals surface area contributed by atoms with Crippen molar-refractivity contribution in [3.05, 3.63) is 60.2 Å². The molecule has 96 valence electrons. The van der Waals surface area contributed by atoms with Crippen molar-refractivity contribution in [2.45, 2.75) is 6.42 Å². The number of ketones is 1. The Hall–Kier alpha value is -2.42. The van der Waals surface area contributed by atoms with Gasteiger partial charge in [0.15, 0.2) is 5.78 Å². The minimum atomic E-state index is 0.0282. The van der Waals surface area contributed by atoms with Gasteiger partial charge in [-0.25, -0.2) is 0 Å². The average molecular weight is 253 g/mol. The van der Waals surface area contributed by atoms with E-state index < -0.39 is 0 Å². The molecule has 0 atom stereocenters. The topological polar surface area (TPSA) is 38.7 Å². The summed E-state index contributed by atoms with van der Waals surface area (Å²) in [6, 6.07) is 17.6. The van der Waals surface area contributed by atoms with Crippen molar-refractivity contribution < 1.29 is 9.63 Å². The summed E-state index contributed by atoms with van der Waals surface area (Å²) in [5.74, 6) is 0.0282. The number of carbonyl (C=O) groups excluding carboxylic acids is 1. The molecule has 19 heavy (non-hydrogen) atoms. The minimum Gasteiger partial charge on any atom is -0.399 e. The number of nitrogens with zero attached hydrogens (tertiary/aromatic N) is 1. The summed E-state index contributed by atoms with van der Waals surface area (Å²) in [7, 11) is 1.45. The second-order valence-corrected chi connectivity index (χ2v) is 4.04. The van der Waals surface area contributed by atoms with E-state index in [1.54, 1.807) is 0 Å². The molecule has 0 aliphatic heterocycles. The Kier molecular flexibility index (Phi) is 4.45. The fourth-order valence-electron chi connectivity index (χ4n) is 1.79. The zero-order valence-electron chi connectivity index (χ0n) is 10.7. The minimum absolute atomic E-state index is 0.0282. The van der Waals surface area contributed by atoms with Gasteiger partial charge in [0.2, 0.25) is 0 Å². The molecule has 2 aromatic carbocycles. The summed E-state index contributed by atoms with van der Waals surface area (Å²) in [5.41, 5.74) is 2.92. The third-order valence-corrected chi connectivity index (χ3v) is 2.77. The normalized spacial score (nSPS) is 10.6. The van der Waals surface area contributed by atoms with Gasteiger partial charge in [-0.05, 0) is 11.1 Å². The van der Waals surface area contributed by atoms with E-state index in [-0.39, 0.29) is 12.2 Å². The summed E-state index contributed by atoms with van der Waals surface area (Å²) >= 11 is 0. The highest BCUT2D eigenvalue weighted by Gasteiger charge is 2.04. The Morgan fingerprint density at radius 1 is 1.05 bits per heavy atom. The molecule has 0 spiro atoms. The van der Waals surface area contributed by atoms with E-state index in [0.717, 1.165) is 11.1 Å². The molecule has 2 rings (SSSR count). The molecule has 0 aromatic heterocycles. The van der Waals surface area contributed by atoms with Gasteiger partial charge in [-0.3, -0.25) is 4.79 Å². The molecular weight excluding hydrogens is 238 g/mol. The van der Waals surface area contributed by atoms with Crippen LogP contribution in [-0.4, -0.2) is 19.1 Å². The van der Waals surface area contributed by atoms with Crippen molar-refractivity contribution in [3.8, 4) is 11.1 Å². The lowest BCUT2D eigenvalue weighted by molar-refractivity contribution is 0.1000. The van der Waals surface area contributed by atoms with Gasteiger partial charge in [0.25, 0.3) is 0 Å². The third kappa shape index (κ3) is 3.52. The second-order valence-electron chi connectivity index (χ2n) is 4.04. The predicted octanol–water partition coefficient (Wildman–Crippen LogP) is 3.56. The van der Waals surface area contributed by atoms with Crippen molar-refractivity contribution in [3.63, 3.8) is 0 Å². The van der Waals surface area contributed by atoms with Gasteiger partial charge in [-0.1, -0.05) is 59.8 Å². The van der Waals surface area contributed by atoms with Crippen LogP contribution in [0.5, 0.6) is 0 Å².